The first-order valence-corrected chi connectivity index (χ1v) is 9.54. The van der Waals surface area contributed by atoms with Gasteiger partial charge in [-0.2, -0.15) is 0 Å². The number of rotatable bonds is 4. The van der Waals surface area contributed by atoms with Crippen molar-refractivity contribution in [2.75, 3.05) is 13.1 Å². The van der Waals surface area contributed by atoms with E-state index in [1.54, 1.807) is 0 Å². The summed E-state index contributed by atoms with van der Waals surface area (Å²) in [7, 11) is 0. The number of nitrogens with one attached hydrogen (secondary N) is 1. The van der Waals surface area contributed by atoms with Crippen LogP contribution in [0.3, 0.4) is 0 Å². The summed E-state index contributed by atoms with van der Waals surface area (Å²) in [4.78, 5) is 15.1. The molecule has 2 aliphatic carbocycles. The molecule has 1 N–H and O–H groups in total. The lowest BCUT2D eigenvalue weighted by molar-refractivity contribution is -0.136. The van der Waals surface area contributed by atoms with E-state index in [4.69, 9.17) is 0 Å². The van der Waals surface area contributed by atoms with Crippen LogP contribution in [0, 0.1) is 23.0 Å². The lowest BCUT2D eigenvalue weighted by Gasteiger charge is -2.31. The highest BCUT2D eigenvalue weighted by atomic mass is 35.5. The van der Waals surface area contributed by atoms with Crippen molar-refractivity contribution in [3.05, 3.63) is 35.4 Å². The highest BCUT2D eigenvalue weighted by Gasteiger charge is 2.59. The summed E-state index contributed by atoms with van der Waals surface area (Å²) in [5, 5.41) is 3.36. The maximum absolute atomic E-state index is 14.1. The van der Waals surface area contributed by atoms with Gasteiger partial charge in [-0.25, -0.2) is 8.78 Å². The molecule has 2 saturated carbocycles. The van der Waals surface area contributed by atoms with E-state index in [9.17, 15) is 13.6 Å². The van der Waals surface area contributed by atoms with E-state index in [0.717, 1.165) is 70.2 Å². The van der Waals surface area contributed by atoms with Crippen molar-refractivity contribution in [1.82, 2.24) is 10.2 Å². The van der Waals surface area contributed by atoms with Gasteiger partial charge >= 0.3 is 0 Å². The Morgan fingerprint density at radius 1 is 1.19 bits per heavy atom. The number of carbonyl (C=O) groups excluding carboxylic acids is 1. The number of benzene rings is 1. The minimum Gasteiger partial charge on any atom is -0.335 e. The molecule has 0 aromatic heterocycles. The van der Waals surface area contributed by atoms with Crippen molar-refractivity contribution in [2.45, 2.75) is 57.5 Å². The summed E-state index contributed by atoms with van der Waals surface area (Å²) in [5.41, 5.74) is 0.458. The number of hydrogen-bond acceptors (Lipinski definition) is 2. The van der Waals surface area contributed by atoms with Crippen molar-refractivity contribution in [1.29, 1.82) is 0 Å². The molecule has 1 heterocycles. The van der Waals surface area contributed by atoms with Crippen LogP contribution in [-0.2, 0) is 11.3 Å². The summed E-state index contributed by atoms with van der Waals surface area (Å²) in [6.45, 7) is 2.15. The molecule has 3 nitrogen and oxygen atoms in total. The smallest absolute Gasteiger partial charge is 0.226 e. The average molecular weight is 385 g/mol. The summed E-state index contributed by atoms with van der Waals surface area (Å²) >= 11 is 0. The van der Waals surface area contributed by atoms with Gasteiger partial charge < -0.3 is 10.2 Å². The van der Waals surface area contributed by atoms with Crippen LogP contribution in [0.2, 0.25) is 0 Å². The predicted octanol–water partition coefficient (Wildman–Crippen LogP) is 4.05. The van der Waals surface area contributed by atoms with Gasteiger partial charge in [-0.15, -0.1) is 12.4 Å². The minimum atomic E-state index is -0.448. The van der Waals surface area contributed by atoms with Crippen molar-refractivity contribution >= 4 is 18.3 Å². The van der Waals surface area contributed by atoms with E-state index < -0.39 is 11.6 Å². The molecule has 3 aliphatic rings. The van der Waals surface area contributed by atoms with Crippen LogP contribution >= 0.6 is 12.4 Å². The first-order valence-electron chi connectivity index (χ1n) is 9.54. The Hall–Kier alpha value is -1.20. The van der Waals surface area contributed by atoms with Crippen LogP contribution in [0.4, 0.5) is 8.78 Å². The summed E-state index contributed by atoms with van der Waals surface area (Å²) in [6, 6.07) is 3.70. The summed E-state index contributed by atoms with van der Waals surface area (Å²) in [5.74, 6) is -0.634. The molecule has 3 fully saturated rings. The van der Waals surface area contributed by atoms with Crippen LogP contribution < -0.4 is 5.32 Å². The average Bonchev–Trinajstić information content (AvgIpc) is 3.05. The molecule has 0 bridgehead atoms. The normalized spacial score (nSPS) is 24.3. The lowest BCUT2D eigenvalue weighted by atomic mass is 9.91. The van der Waals surface area contributed by atoms with E-state index in [0.29, 0.717) is 5.56 Å². The van der Waals surface area contributed by atoms with E-state index in [2.05, 4.69) is 5.32 Å². The number of hydrogen-bond donors (Lipinski definition) is 1. The fourth-order valence-electron chi connectivity index (χ4n) is 4.83. The molecule has 1 aromatic carbocycles. The third kappa shape index (κ3) is 3.74. The van der Waals surface area contributed by atoms with Crippen LogP contribution in [0.15, 0.2) is 18.2 Å². The van der Waals surface area contributed by atoms with Gasteiger partial charge in [0.2, 0.25) is 5.91 Å². The molecule has 1 spiro atoms. The Bertz CT molecular complexity index is 657. The monoisotopic (exact) mass is 384 g/mol. The lowest BCUT2D eigenvalue weighted by Crippen LogP contribution is -2.41. The first kappa shape index (κ1) is 19.6. The topological polar surface area (TPSA) is 32.3 Å². The molecule has 1 unspecified atom stereocenters. The summed E-state index contributed by atoms with van der Waals surface area (Å²) < 4.78 is 27.7. The standard InChI is InChI=1S/C20H26F2N2O.ClH/c21-15-5-6-18(22)14(11-15)13-24(16-3-1-2-4-16)19(25)17-12-20(17)7-9-23-10-8-20;/h5-6,11,16-17,23H,1-4,7-10,12-13H2;1H. The molecule has 1 aliphatic heterocycles. The maximum Gasteiger partial charge on any atom is 0.226 e. The second kappa shape index (κ2) is 7.81. The van der Waals surface area contributed by atoms with Crippen molar-refractivity contribution in [3.8, 4) is 0 Å². The second-order valence-electron chi connectivity index (χ2n) is 8.01. The molecule has 26 heavy (non-hydrogen) atoms. The van der Waals surface area contributed by atoms with Crippen LogP contribution in [0.25, 0.3) is 0 Å². The highest BCUT2D eigenvalue weighted by Crippen LogP contribution is 2.59. The number of halogens is 3. The van der Waals surface area contributed by atoms with Crippen LogP contribution in [0.5, 0.6) is 0 Å². The van der Waals surface area contributed by atoms with Gasteiger partial charge in [-0.3, -0.25) is 4.79 Å². The van der Waals surface area contributed by atoms with Crippen molar-refractivity contribution < 1.29 is 13.6 Å². The molecule has 0 radical (unpaired) electrons. The summed E-state index contributed by atoms with van der Waals surface area (Å²) in [6.07, 6.45) is 7.24. The Kier molecular flexibility index (Phi) is 5.88. The van der Waals surface area contributed by atoms with E-state index in [1.165, 1.54) is 6.07 Å². The molecular weight excluding hydrogens is 358 g/mol. The molecule has 6 heteroatoms. The largest absolute Gasteiger partial charge is 0.335 e. The second-order valence-corrected chi connectivity index (χ2v) is 8.01. The Labute approximate surface area is 159 Å². The van der Waals surface area contributed by atoms with E-state index >= 15 is 0 Å². The molecular formula is C20H27ClF2N2O. The van der Waals surface area contributed by atoms with Gasteiger partial charge in [0.1, 0.15) is 11.6 Å². The number of carbonyl (C=O) groups is 1. The zero-order valence-corrected chi connectivity index (χ0v) is 15.8. The van der Waals surface area contributed by atoms with Gasteiger partial charge in [0.05, 0.1) is 0 Å². The third-order valence-electron chi connectivity index (χ3n) is 6.48. The van der Waals surface area contributed by atoms with Crippen LogP contribution in [-0.4, -0.2) is 29.9 Å². The zero-order valence-electron chi connectivity index (χ0n) is 15.0. The Balaban J connectivity index is 0.00000196. The van der Waals surface area contributed by atoms with Crippen molar-refractivity contribution in [2.24, 2.45) is 11.3 Å². The molecule has 1 amide bonds. The van der Waals surface area contributed by atoms with E-state index in [1.807, 2.05) is 4.90 Å². The highest BCUT2D eigenvalue weighted by molar-refractivity contribution is 5.85. The maximum atomic E-state index is 14.1. The van der Waals surface area contributed by atoms with Gasteiger partial charge in [0, 0.05) is 24.1 Å². The SMILES string of the molecule is Cl.O=C(C1CC12CCNCC2)N(Cc1cc(F)ccc1F)C1CCCC1. The fraction of sp³-hybridized carbons (Fsp3) is 0.650. The Morgan fingerprint density at radius 2 is 1.88 bits per heavy atom. The van der Waals surface area contributed by atoms with E-state index in [-0.39, 0.29) is 42.2 Å². The van der Waals surface area contributed by atoms with Crippen molar-refractivity contribution in [3.63, 3.8) is 0 Å². The third-order valence-corrected chi connectivity index (χ3v) is 6.48. The van der Waals surface area contributed by atoms with Gasteiger partial charge in [-0.05, 0) is 68.8 Å². The van der Waals surface area contributed by atoms with Gasteiger partial charge in [-0.1, -0.05) is 12.8 Å². The molecule has 1 aromatic rings. The first-order chi connectivity index (χ1) is 12.1. The Morgan fingerprint density at radius 3 is 2.58 bits per heavy atom. The quantitative estimate of drug-likeness (QED) is 0.849. The zero-order chi connectivity index (χ0) is 17.4. The fourth-order valence-corrected chi connectivity index (χ4v) is 4.83. The molecule has 1 saturated heterocycles. The number of amides is 1. The molecule has 1 atom stereocenters. The predicted molar refractivity (Wildman–Crippen MR) is 99.1 cm³/mol. The minimum absolute atomic E-state index is 0. The molecule has 144 valence electrons. The van der Waals surface area contributed by atoms with Crippen LogP contribution in [0.1, 0.15) is 50.5 Å². The number of nitrogens with zero attached hydrogens (tertiary/aromatic N) is 1. The number of piperidine rings is 1. The molecule has 4 rings (SSSR count). The van der Waals surface area contributed by atoms with Gasteiger partial charge in [0.25, 0.3) is 0 Å². The van der Waals surface area contributed by atoms with Gasteiger partial charge in [0.15, 0.2) is 0 Å².